The summed E-state index contributed by atoms with van der Waals surface area (Å²) >= 11 is 0. The molecule has 0 aromatic carbocycles. The van der Waals surface area contributed by atoms with Crippen LogP contribution in [0.3, 0.4) is 0 Å². The molecule has 0 aliphatic carbocycles. The van der Waals surface area contributed by atoms with E-state index >= 15 is 0 Å². The number of rotatable bonds is 8. The van der Waals surface area contributed by atoms with E-state index in [-0.39, 0.29) is 23.9 Å². The van der Waals surface area contributed by atoms with Gasteiger partial charge in [0.2, 0.25) is 0 Å². The van der Waals surface area contributed by atoms with Crippen LogP contribution >= 0.6 is 0 Å². The summed E-state index contributed by atoms with van der Waals surface area (Å²) in [6.45, 7) is 5.82. The van der Waals surface area contributed by atoms with Crippen LogP contribution in [-0.4, -0.2) is 35.0 Å². The van der Waals surface area contributed by atoms with E-state index in [0.29, 0.717) is 0 Å². The zero-order valence-corrected chi connectivity index (χ0v) is 14.5. The molecule has 0 unspecified atom stereocenters. The summed E-state index contributed by atoms with van der Waals surface area (Å²) < 4.78 is 0. The van der Waals surface area contributed by atoms with Crippen molar-refractivity contribution in [2.45, 2.75) is 65.7 Å². The predicted molar refractivity (Wildman–Crippen MR) is 68.0 cm³/mol. The van der Waals surface area contributed by atoms with Crippen LogP contribution in [0.4, 0.5) is 0 Å². The third kappa shape index (κ3) is 9.21. The Bertz CT molecular complexity index is 167. The quantitative estimate of drug-likeness (QED) is 0.551. The Balaban J connectivity index is 0. The van der Waals surface area contributed by atoms with Gasteiger partial charge >= 0.3 is 29.9 Å². The Morgan fingerprint density at radius 3 is 2.00 bits per heavy atom. The second-order valence-electron chi connectivity index (χ2n) is 4.71. The van der Waals surface area contributed by atoms with Crippen LogP contribution in [0.15, 0.2) is 0 Å². The summed E-state index contributed by atoms with van der Waals surface area (Å²) in [6, 6.07) is 0. The van der Waals surface area contributed by atoms with E-state index in [2.05, 4.69) is 6.92 Å². The molecule has 0 saturated heterocycles. The van der Waals surface area contributed by atoms with Crippen LogP contribution < -0.4 is 0 Å². The molecule has 2 radical (unpaired) electrons. The zero-order valence-electron chi connectivity index (χ0n) is 10.5. The molecule has 2 nitrogen and oxygen atoms in total. The van der Waals surface area contributed by atoms with Gasteiger partial charge in [-0.15, -0.1) is 0 Å². The molecule has 0 aromatic heterocycles. The van der Waals surface area contributed by atoms with Crippen molar-refractivity contribution in [3.8, 4) is 0 Å². The maximum absolute atomic E-state index is 10.8. The summed E-state index contributed by atoms with van der Waals surface area (Å²) in [4.78, 5) is 10.8. The van der Waals surface area contributed by atoms with E-state index in [4.69, 9.17) is 5.11 Å². The molecule has 1 N–H and O–H groups in total. The van der Waals surface area contributed by atoms with Crippen molar-refractivity contribution in [1.82, 2.24) is 0 Å². The van der Waals surface area contributed by atoms with Gasteiger partial charge in [-0.1, -0.05) is 45.4 Å². The number of unbranched alkanes of at least 4 members (excludes halogenated alkanes) is 5. The van der Waals surface area contributed by atoms with Crippen molar-refractivity contribution >= 4 is 29.9 Å². The Hall–Kier alpha value is 0.269. The maximum atomic E-state index is 10.8. The minimum atomic E-state index is -0.675. The molecular weight excluding hydrogens is 295 g/mol. The van der Waals surface area contributed by atoms with Crippen LogP contribution in [0, 0.1) is 5.41 Å². The molecule has 0 heterocycles. The zero-order chi connectivity index (χ0) is 11.0. The molecule has 15 heavy (non-hydrogen) atoms. The molecule has 0 aliphatic rings. The molecule has 0 atom stereocenters. The number of carbonyl (C=O) groups is 1. The number of carboxylic acid groups (broad SMARTS) is 1. The van der Waals surface area contributed by atoms with Crippen molar-refractivity contribution in [2.75, 3.05) is 0 Å². The standard InChI is InChI=1S/C12H24O2.Sn.2H/c1-4-5-6-7-8-9-10-12(2,3)11(13)14;;;/h4-10H2,1-3H3,(H,13,14);;;. The number of carboxylic acids is 1. The van der Waals surface area contributed by atoms with Gasteiger partial charge in [-0.25, -0.2) is 0 Å². The van der Waals surface area contributed by atoms with Gasteiger partial charge in [0.05, 0.1) is 5.41 Å². The van der Waals surface area contributed by atoms with Crippen molar-refractivity contribution in [3.05, 3.63) is 0 Å². The first kappa shape index (κ1) is 17.7. The SMILES string of the molecule is CCCCCCCCC(C)(C)C(=O)O.[SnH2]. The van der Waals surface area contributed by atoms with E-state index in [1.54, 1.807) is 13.8 Å². The first-order valence-corrected chi connectivity index (χ1v) is 5.74. The first-order chi connectivity index (χ1) is 6.50. The van der Waals surface area contributed by atoms with E-state index in [9.17, 15) is 4.79 Å². The minimum absolute atomic E-state index is 0. The molecule has 0 fully saturated rings. The van der Waals surface area contributed by atoms with E-state index in [0.717, 1.165) is 12.8 Å². The van der Waals surface area contributed by atoms with Crippen LogP contribution in [0.25, 0.3) is 0 Å². The van der Waals surface area contributed by atoms with Gasteiger partial charge in [-0.3, -0.25) is 4.79 Å². The third-order valence-electron chi connectivity index (χ3n) is 2.73. The number of aliphatic carboxylic acids is 1. The van der Waals surface area contributed by atoms with E-state index in [1.807, 2.05) is 0 Å². The van der Waals surface area contributed by atoms with Crippen LogP contribution in [0.2, 0.25) is 0 Å². The summed E-state index contributed by atoms with van der Waals surface area (Å²) in [5.41, 5.74) is -0.537. The molecular formula is C12H26O2Sn. The van der Waals surface area contributed by atoms with E-state index in [1.165, 1.54) is 32.1 Å². The molecule has 0 bridgehead atoms. The van der Waals surface area contributed by atoms with Crippen molar-refractivity contribution in [3.63, 3.8) is 0 Å². The predicted octanol–water partition coefficient (Wildman–Crippen LogP) is 2.93. The Labute approximate surface area is 111 Å². The van der Waals surface area contributed by atoms with Gasteiger partial charge in [-0.2, -0.15) is 0 Å². The Morgan fingerprint density at radius 2 is 1.53 bits per heavy atom. The van der Waals surface area contributed by atoms with Gasteiger partial charge in [-0.05, 0) is 20.3 Å². The Morgan fingerprint density at radius 1 is 1.07 bits per heavy atom. The molecule has 0 spiro atoms. The first-order valence-electron chi connectivity index (χ1n) is 5.74. The average Bonchev–Trinajstić information content (AvgIpc) is 2.10. The number of hydrogen-bond donors (Lipinski definition) is 1. The number of hydrogen-bond acceptors (Lipinski definition) is 1. The fourth-order valence-electron chi connectivity index (χ4n) is 1.45. The van der Waals surface area contributed by atoms with Crippen LogP contribution in [-0.2, 0) is 4.79 Å². The average molecular weight is 321 g/mol. The summed E-state index contributed by atoms with van der Waals surface area (Å²) in [6.07, 6.45) is 8.14. The molecule has 90 valence electrons. The molecule has 3 heteroatoms. The normalized spacial score (nSPS) is 10.9. The molecule has 0 aliphatic heterocycles. The fraction of sp³-hybridized carbons (Fsp3) is 0.917. The monoisotopic (exact) mass is 322 g/mol. The summed E-state index contributed by atoms with van der Waals surface area (Å²) in [7, 11) is 0. The topological polar surface area (TPSA) is 37.3 Å². The van der Waals surface area contributed by atoms with Crippen molar-refractivity contribution in [1.29, 1.82) is 0 Å². The summed E-state index contributed by atoms with van der Waals surface area (Å²) in [5.74, 6) is -0.675. The van der Waals surface area contributed by atoms with Gasteiger partial charge in [0, 0.05) is 0 Å². The second-order valence-corrected chi connectivity index (χ2v) is 4.71. The molecule has 0 aromatic rings. The van der Waals surface area contributed by atoms with Gasteiger partial charge in [0.15, 0.2) is 0 Å². The Kier molecular flexibility index (Phi) is 11.2. The third-order valence-corrected chi connectivity index (χ3v) is 2.73. The van der Waals surface area contributed by atoms with Gasteiger partial charge < -0.3 is 5.11 Å². The molecule has 0 saturated carbocycles. The van der Waals surface area contributed by atoms with Crippen LogP contribution in [0.5, 0.6) is 0 Å². The van der Waals surface area contributed by atoms with Crippen molar-refractivity contribution in [2.24, 2.45) is 5.41 Å². The van der Waals surface area contributed by atoms with E-state index < -0.39 is 11.4 Å². The van der Waals surface area contributed by atoms with Gasteiger partial charge in [0.1, 0.15) is 0 Å². The fourth-order valence-corrected chi connectivity index (χ4v) is 1.45. The van der Waals surface area contributed by atoms with Crippen molar-refractivity contribution < 1.29 is 9.90 Å². The second kappa shape index (κ2) is 9.49. The van der Waals surface area contributed by atoms with Crippen LogP contribution in [0.1, 0.15) is 65.7 Å². The molecule has 0 amide bonds. The summed E-state index contributed by atoms with van der Waals surface area (Å²) in [5, 5.41) is 8.88. The molecule has 0 rings (SSSR count). The van der Waals surface area contributed by atoms with Gasteiger partial charge in [0.25, 0.3) is 0 Å².